The SMILES string of the molecule is COc1cccc(CN(C)CC(=O)NCC(=O)N2CCCC2)c1. The fourth-order valence-corrected chi connectivity index (χ4v) is 2.69. The highest BCUT2D eigenvalue weighted by atomic mass is 16.5. The predicted octanol–water partition coefficient (Wildman–Crippen LogP) is 0.866. The summed E-state index contributed by atoms with van der Waals surface area (Å²) in [6.45, 7) is 2.61. The number of rotatable bonds is 7. The van der Waals surface area contributed by atoms with Crippen LogP contribution in [0.4, 0.5) is 0 Å². The van der Waals surface area contributed by atoms with Gasteiger partial charge >= 0.3 is 0 Å². The molecule has 1 heterocycles. The molecule has 0 aromatic heterocycles. The van der Waals surface area contributed by atoms with E-state index in [9.17, 15) is 9.59 Å². The largest absolute Gasteiger partial charge is 0.497 e. The number of hydrogen-bond donors (Lipinski definition) is 1. The number of methoxy groups -OCH3 is 1. The van der Waals surface area contributed by atoms with E-state index >= 15 is 0 Å². The van der Waals surface area contributed by atoms with Gasteiger partial charge in [-0.25, -0.2) is 0 Å². The van der Waals surface area contributed by atoms with E-state index in [2.05, 4.69) is 5.32 Å². The number of likely N-dealkylation sites (tertiary alicyclic amines) is 1. The van der Waals surface area contributed by atoms with E-state index < -0.39 is 0 Å². The van der Waals surface area contributed by atoms with Crippen molar-refractivity contribution < 1.29 is 14.3 Å². The Morgan fingerprint density at radius 2 is 2.04 bits per heavy atom. The first-order chi connectivity index (χ1) is 11.1. The number of benzene rings is 1. The third kappa shape index (κ3) is 5.56. The number of carbonyl (C=O) groups excluding carboxylic acids is 2. The molecule has 0 spiro atoms. The van der Waals surface area contributed by atoms with Gasteiger partial charge in [0.15, 0.2) is 0 Å². The molecule has 0 atom stereocenters. The van der Waals surface area contributed by atoms with Gasteiger partial charge in [0.05, 0.1) is 20.2 Å². The van der Waals surface area contributed by atoms with Crippen molar-refractivity contribution in [3.63, 3.8) is 0 Å². The van der Waals surface area contributed by atoms with E-state index in [1.807, 2.05) is 36.2 Å². The number of likely N-dealkylation sites (N-methyl/N-ethyl adjacent to an activating group) is 1. The van der Waals surface area contributed by atoms with Crippen molar-refractivity contribution in [1.29, 1.82) is 0 Å². The van der Waals surface area contributed by atoms with Gasteiger partial charge < -0.3 is 15.0 Å². The van der Waals surface area contributed by atoms with Crippen LogP contribution in [-0.4, -0.2) is 62.0 Å². The summed E-state index contributed by atoms with van der Waals surface area (Å²) >= 11 is 0. The number of carbonyl (C=O) groups is 2. The number of amides is 2. The van der Waals surface area contributed by atoms with Gasteiger partial charge in [0.2, 0.25) is 11.8 Å². The maximum atomic E-state index is 11.9. The minimum atomic E-state index is -0.136. The lowest BCUT2D eigenvalue weighted by Gasteiger charge is -2.18. The number of nitrogens with zero attached hydrogens (tertiary/aromatic N) is 2. The molecule has 126 valence electrons. The standard InChI is InChI=1S/C17H25N3O3/c1-19(12-14-6-5-7-15(10-14)23-2)13-16(21)18-11-17(22)20-8-3-4-9-20/h5-7,10H,3-4,8-9,11-13H2,1-2H3,(H,18,21). The van der Waals surface area contributed by atoms with Gasteiger partial charge in [0.1, 0.15) is 5.75 Å². The summed E-state index contributed by atoms with van der Waals surface area (Å²) in [5.41, 5.74) is 1.08. The van der Waals surface area contributed by atoms with Gasteiger partial charge in [-0.05, 0) is 37.6 Å². The Morgan fingerprint density at radius 3 is 2.74 bits per heavy atom. The molecule has 0 bridgehead atoms. The maximum Gasteiger partial charge on any atom is 0.241 e. The van der Waals surface area contributed by atoms with Crippen LogP contribution in [0.3, 0.4) is 0 Å². The Balaban J connectivity index is 1.72. The van der Waals surface area contributed by atoms with Crippen LogP contribution in [0.1, 0.15) is 18.4 Å². The van der Waals surface area contributed by atoms with Crippen molar-refractivity contribution in [3.8, 4) is 5.75 Å². The first-order valence-corrected chi connectivity index (χ1v) is 7.94. The fourth-order valence-electron chi connectivity index (χ4n) is 2.69. The van der Waals surface area contributed by atoms with E-state index in [0.29, 0.717) is 6.54 Å². The minimum absolute atomic E-state index is 0.00583. The van der Waals surface area contributed by atoms with Crippen LogP contribution >= 0.6 is 0 Å². The summed E-state index contributed by atoms with van der Waals surface area (Å²) in [5.74, 6) is 0.672. The second-order valence-electron chi connectivity index (χ2n) is 5.89. The van der Waals surface area contributed by atoms with E-state index in [-0.39, 0.29) is 24.9 Å². The molecule has 0 unspecified atom stereocenters. The Labute approximate surface area is 137 Å². The molecule has 2 amide bonds. The molecular formula is C17H25N3O3. The van der Waals surface area contributed by atoms with E-state index in [1.165, 1.54) is 0 Å². The number of ether oxygens (including phenoxy) is 1. The summed E-state index contributed by atoms with van der Waals surface area (Å²) in [5, 5.41) is 2.70. The first-order valence-electron chi connectivity index (χ1n) is 7.94. The van der Waals surface area contributed by atoms with Gasteiger partial charge in [-0.15, -0.1) is 0 Å². The van der Waals surface area contributed by atoms with Crippen molar-refractivity contribution in [2.75, 3.05) is 40.3 Å². The zero-order valence-electron chi connectivity index (χ0n) is 13.9. The van der Waals surface area contributed by atoms with Gasteiger partial charge in [-0.1, -0.05) is 12.1 Å². The Kier molecular flexibility index (Phi) is 6.40. The first kappa shape index (κ1) is 17.3. The van der Waals surface area contributed by atoms with Crippen LogP contribution in [0.5, 0.6) is 5.75 Å². The lowest BCUT2D eigenvalue weighted by Crippen LogP contribution is -2.42. The number of nitrogens with one attached hydrogen (secondary N) is 1. The highest BCUT2D eigenvalue weighted by Gasteiger charge is 2.18. The smallest absolute Gasteiger partial charge is 0.241 e. The van der Waals surface area contributed by atoms with E-state index in [1.54, 1.807) is 12.0 Å². The summed E-state index contributed by atoms with van der Waals surface area (Å²) in [6.07, 6.45) is 2.12. The monoisotopic (exact) mass is 319 g/mol. The topological polar surface area (TPSA) is 61.9 Å². The molecule has 1 N–H and O–H groups in total. The van der Waals surface area contributed by atoms with Gasteiger partial charge in [-0.3, -0.25) is 14.5 Å². The maximum absolute atomic E-state index is 11.9. The van der Waals surface area contributed by atoms with Gasteiger partial charge in [0, 0.05) is 19.6 Å². The second-order valence-corrected chi connectivity index (χ2v) is 5.89. The summed E-state index contributed by atoms with van der Waals surface area (Å²) in [4.78, 5) is 27.5. The molecule has 6 nitrogen and oxygen atoms in total. The van der Waals surface area contributed by atoms with Crippen molar-refractivity contribution in [2.45, 2.75) is 19.4 Å². The molecule has 2 rings (SSSR count). The average Bonchev–Trinajstić information content (AvgIpc) is 3.07. The lowest BCUT2D eigenvalue weighted by molar-refractivity contribution is -0.132. The van der Waals surface area contributed by atoms with E-state index in [0.717, 1.165) is 37.2 Å². The van der Waals surface area contributed by atoms with Crippen molar-refractivity contribution in [3.05, 3.63) is 29.8 Å². The molecule has 1 aromatic rings. The number of hydrogen-bond acceptors (Lipinski definition) is 4. The van der Waals surface area contributed by atoms with Crippen molar-refractivity contribution in [2.24, 2.45) is 0 Å². The molecule has 0 aliphatic carbocycles. The third-order valence-electron chi connectivity index (χ3n) is 3.90. The molecule has 1 saturated heterocycles. The van der Waals surface area contributed by atoms with E-state index in [4.69, 9.17) is 4.74 Å². The molecular weight excluding hydrogens is 294 g/mol. The summed E-state index contributed by atoms with van der Waals surface area (Å²) in [7, 11) is 3.51. The molecule has 1 aliphatic rings. The highest BCUT2D eigenvalue weighted by Crippen LogP contribution is 2.13. The van der Waals surface area contributed by atoms with Crippen LogP contribution in [-0.2, 0) is 16.1 Å². The zero-order valence-corrected chi connectivity index (χ0v) is 13.9. The Morgan fingerprint density at radius 1 is 1.30 bits per heavy atom. The molecule has 23 heavy (non-hydrogen) atoms. The van der Waals surface area contributed by atoms with Crippen molar-refractivity contribution >= 4 is 11.8 Å². The molecule has 1 fully saturated rings. The summed E-state index contributed by atoms with van der Waals surface area (Å²) < 4.78 is 5.19. The fraction of sp³-hybridized carbons (Fsp3) is 0.529. The lowest BCUT2D eigenvalue weighted by atomic mass is 10.2. The minimum Gasteiger partial charge on any atom is -0.497 e. The molecule has 0 saturated carbocycles. The third-order valence-corrected chi connectivity index (χ3v) is 3.90. The highest BCUT2D eigenvalue weighted by molar-refractivity contribution is 5.85. The molecule has 1 aromatic carbocycles. The van der Waals surface area contributed by atoms with Crippen LogP contribution in [0.25, 0.3) is 0 Å². The van der Waals surface area contributed by atoms with Crippen molar-refractivity contribution in [1.82, 2.24) is 15.1 Å². The average molecular weight is 319 g/mol. The second kappa shape index (κ2) is 8.53. The molecule has 6 heteroatoms. The van der Waals surface area contributed by atoms with Crippen LogP contribution in [0, 0.1) is 0 Å². The predicted molar refractivity (Wildman–Crippen MR) is 88.2 cm³/mol. The molecule has 0 radical (unpaired) electrons. The Bertz CT molecular complexity index is 542. The van der Waals surface area contributed by atoms with Crippen LogP contribution in [0.15, 0.2) is 24.3 Å². The summed E-state index contributed by atoms with van der Waals surface area (Å²) in [6, 6.07) is 7.76. The molecule has 1 aliphatic heterocycles. The quantitative estimate of drug-likeness (QED) is 0.810. The van der Waals surface area contributed by atoms with Crippen LogP contribution < -0.4 is 10.1 Å². The van der Waals surface area contributed by atoms with Gasteiger partial charge in [0.25, 0.3) is 0 Å². The van der Waals surface area contributed by atoms with Crippen LogP contribution in [0.2, 0.25) is 0 Å². The Hall–Kier alpha value is -2.08. The zero-order chi connectivity index (χ0) is 16.7. The normalized spacial score (nSPS) is 14.1. The van der Waals surface area contributed by atoms with Gasteiger partial charge in [-0.2, -0.15) is 0 Å².